The topological polar surface area (TPSA) is 47.6 Å². The van der Waals surface area contributed by atoms with Crippen LogP contribution in [0.5, 0.6) is 11.5 Å². The lowest BCUT2D eigenvalue weighted by molar-refractivity contribution is -0.111. The summed E-state index contributed by atoms with van der Waals surface area (Å²) in [5.74, 6) is 0.207. The highest BCUT2D eigenvalue weighted by Gasteiger charge is 2.05. The molecule has 0 aromatic heterocycles. The van der Waals surface area contributed by atoms with E-state index in [4.69, 9.17) is 16.3 Å². The molecule has 0 spiro atoms. The molecule has 2 aromatic rings. The van der Waals surface area contributed by atoms with Gasteiger partial charge in [0.25, 0.3) is 0 Å². The molecular formula is C17H14ClF2NO3. The molecule has 0 radical (unpaired) electrons. The number of halogens is 3. The SMILES string of the molecule is COc1ccc(Cl)cc1C=CC(=O)Nc1ccc(OC(F)F)cc1. The van der Waals surface area contributed by atoms with Crippen LogP contribution in [0.1, 0.15) is 5.56 Å². The van der Waals surface area contributed by atoms with E-state index in [1.54, 1.807) is 24.3 Å². The average molecular weight is 354 g/mol. The molecule has 7 heteroatoms. The van der Waals surface area contributed by atoms with Gasteiger partial charge in [-0.05, 0) is 48.5 Å². The van der Waals surface area contributed by atoms with Crippen molar-refractivity contribution in [3.63, 3.8) is 0 Å². The third kappa shape index (κ3) is 5.24. The van der Waals surface area contributed by atoms with E-state index in [0.29, 0.717) is 22.0 Å². The Bertz CT molecular complexity index is 733. The van der Waals surface area contributed by atoms with E-state index >= 15 is 0 Å². The van der Waals surface area contributed by atoms with Crippen LogP contribution < -0.4 is 14.8 Å². The number of methoxy groups -OCH3 is 1. The second-order valence-corrected chi connectivity index (χ2v) is 5.05. The van der Waals surface area contributed by atoms with Crippen molar-refractivity contribution < 1.29 is 23.0 Å². The second-order valence-electron chi connectivity index (χ2n) is 4.61. The van der Waals surface area contributed by atoms with Crippen molar-refractivity contribution in [1.29, 1.82) is 0 Å². The monoisotopic (exact) mass is 353 g/mol. The lowest BCUT2D eigenvalue weighted by Crippen LogP contribution is -2.08. The predicted molar refractivity (Wildman–Crippen MR) is 88.7 cm³/mol. The lowest BCUT2D eigenvalue weighted by atomic mass is 10.2. The Kier molecular flexibility index (Phi) is 6.14. The van der Waals surface area contributed by atoms with Crippen molar-refractivity contribution >= 4 is 29.3 Å². The van der Waals surface area contributed by atoms with Crippen LogP contribution in [0.2, 0.25) is 5.02 Å². The van der Waals surface area contributed by atoms with Crippen LogP contribution in [0.25, 0.3) is 6.08 Å². The van der Waals surface area contributed by atoms with Gasteiger partial charge in [-0.15, -0.1) is 0 Å². The van der Waals surface area contributed by atoms with Crippen molar-refractivity contribution in [2.75, 3.05) is 12.4 Å². The fourth-order valence-electron chi connectivity index (χ4n) is 1.90. The molecule has 1 N–H and O–H groups in total. The third-order valence-corrected chi connectivity index (χ3v) is 3.19. The Morgan fingerprint density at radius 1 is 1.21 bits per heavy atom. The molecule has 0 aliphatic heterocycles. The van der Waals surface area contributed by atoms with Gasteiger partial charge in [0.15, 0.2) is 0 Å². The molecule has 0 fully saturated rings. The summed E-state index contributed by atoms with van der Waals surface area (Å²) in [6.45, 7) is -2.89. The first-order valence-corrected chi connectivity index (χ1v) is 7.23. The third-order valence-electron chi connectivity index (χ3n) is 2.95. The smallest absolute Gasteiger partial charge is 0.387 e. The normalized spacial score (nSPS) is 10.9. The first-order chi connectivity index (χ1) is 11.5. The van der Waals surface area contributed by atoms with E-state index in [-0.39, 0.29) is 11.7 Å². The standard InChI is InChI=1S/C17H14ClF2NO3/c1-23-15-8-3-12(18)10-11(15)2-9-16(22)21-13-4-6-14(7-5-13)24-17(19)20/h2-10,17H,1H3,(H,21,22). The molecular weight excluding hydrogens is 340 g/mol. The van der Waals surface area contributed by atoms with Crippen LogP contribution in [0.15, 0.2) is 48.5 Å². The van der Waals surface area contributed by atoms with Crippen molar-refractivity contribution in [2.45, 2.75) is 6.61 Å². The Hall–Kier alpha value is -2.60. The number of carbonyl (C=O) groups excluding carboxylic acids is 1. The van der Waals surface area contributed by atoms with Crippen molar-refractivity contribution in [3.05, 3.63) is 59.1 Å². The number of amides is 1. The van der Waals surface area contributed by atoms with Gasteiger partial charge in [-0.3, -0.25) is 4.79 Å². The van der Waals surface area contributed by atoms with Gasteiger partial charge in [0.05, 0.1) is 7.11 Å². The van der Waals surface area contributed by atoms with E-state index in [9.17, 15) is 13.6 Å². The number of rotatable bonds is 6. The maximum Gasteiger partial charge on any atom is 0.387 e. The van der Waals surface area contributed by atoms with Gasteiger partial charge in [0.1, 0.15) is 11.5 Å². The van der Waals surface area contributed by atoms with Gasteiger partial charge in [0.2, 0.25) is 5.91 Å². The van der Waals surface area contributed by atoms with Crippen LogP contribution in [0, 0.1) is 0 Å². The highest BCUT2D eigenvalue weighted by Crippen LogP contribution is 2.24. The molecule has 24 heavy (non-hydrogen) atoms. The summed E-state index contributed by atoms with van der Waals surface area (Å²) in [6, 6.07) is 10.6. The highest BCUT2D eigenvalue weighted by atomic mass is 35.5. The molecule has 0 bridgehead atoms. The van der Waals surface area contributed by atoms with Gasteiger partial charge >= 0.3 is 6.61 Å². The number of hydrogen-bond donors (Lipinski definition) is 1. The van der Waals surface area contributed by atoms with E-state index < -0.39 is 6.61 Å². The summed E-state index contributed by atoms with van der Waals surface area (Å²) in [5.41, 5.74) is 1.10. The Balaban J connectivity index is 2.01. The number of alkyl halides is 2. The van der Waals surface area contributed by atoms with Crippen LogP contribution in [-0.2, 0) is 4.79 Å². The molecule has 0 saturated carbocycles. The van der Waals surface area contributed by atoms with Crippen molar-refractivity contribution in [1.82, 2.24) is 0 Å². The molecule has 126 valence electrons. The summed E-state index contributed by atoms with van der Waals surface area (Å²) >= 11 is 5.91. The fourth-order valence-corrected chi connectivity index (χ4v) is 2.09. The molecule has 0 aliphatic carbocycles. The summed E-state index contributed by atoms with van der Waals surface area (Å²) in [6.07, 6.45) is 2.88. The van der Waals surface area contributed by atoms with Crippen LogP contribution in [0.4, 0.5) is 14.5 Å². The molecule has 2 rings (SSSR count). The van der Waals surface area contributed by atoms with Gasteiger partial charge < -0.3 is 14.8 Å². The van der Waals surface area contributed by atoms with Gasteiger partial charge in [-0.2, -0.15) is 8.78 Å². The van der Waals surface area contributed by atoms with Gasteiger partial charge in [-0.1, -0.05) is 11.6 Å². The summed E-state index contributed by atoms with van der Waals surface area (Å²) < 4.78 is 33.5. The maximum atomic E-state index is 12.1. The lowest BCUT2D eigenvalue weighted by Gasteiger charge is -2.06. The minimum Gasteiger partial charge on any atom is -0.496 e. The van der Waals surface area contributed by atoms with Gasteiger partial charge in [0, 0.05) is 22.3 Å². The Morgan fingerprint density at radius 2 is 1.92 bits per heavy atom. The van der Waals surface area contributed by atoms with Crippen LogP contribution >= 0.6 is 11.6 Å². The number of ether oxygens (including phenoxy) is 2. The molecule has 0 heterocycles. The van der Waals surface area contributed by atoms with E-state index in [1.807, 2.05) is 0 Å². The van der Waals surface area contributed by atoms with Crippen LogP contribution in [0.3, 0.4) is 0 Å². The zero-order valence-corrected chi connectivity index (χ0v) is 13.4. The summed E-state index contributed by atoms with van der Waals surface area (Å²) in [4.78, 5) is 11.9. The van der Waals surface area contributed by atoms with Crippen LogP contribution in [-0.4, -0.2) is 19.6 Å². The molecule has 1 amide bonds. The highest BCUT2D eigenvalue weighted by molar-refractivity contribution is 6.30. The quantitative estimate of drug-likeness (QED) is 0.772. The summed E-state index contributed by atoms with van der Waals surface area (Å²) in [5, 5.41) is 3.12. The number of carbonyl (C=O) groups is 1. The minimum atomic E-state index is -2.89. The average Bonchev–Trinajstić information content (AvgIpc) is 2.54. The molecule has 0 saturated heterocycles. The number of hydrogen-bond acceptors (Lipinski definition) is 3. The molecule has 0 unspecified atom stereocenters. The van der Waals surface area contributed by atoms with Gasteiger partial charge in [-0.25, -0.2) is 0 Å². The predicted octanol–water partition coefficient (Wildman–Crippen LogP) is 4.60. The molecule has 4 nitrogen and oxygen atoms in total. The number of nitrogens with one attached hydrogen (secondary N) is 1. The molecule has 0 aliphatic rings. The summed E-state index contributed by atoms with van der Waals surface area (Å²) in [7, 11) is 1.52. The fraction of sp³-hybridized carbons (Fsp3) is 0.118. The maximum absolute atomic E-state index is 12.1. The minimum absolute atomic E-state index is 0.0159. The first kappa shape index (κ1) is 17.7. The number of benzene rings is 2. The zero-order valence-electron chi connectivity index (χ0n) is 12.6. The Morgan fingerprint density at radius 3 is 2.54 bits per heavy atom. The second kappa shape index (κ2) is 8.31. The van der Waals surface area contributed by atoms with Crippen molar-refractivity contribution in [2.24, 2.45) is 0 Å². The van der Waals surface area contributed by atoms with E-state index in [0.717, 1.165) is 0 Å². The zero-order chi connectivity index (χ0) is 17.5. The van der Waals surface area contributed by atoms with Crippen molar-refractivity contribution in [3.8, 4) is 11.5 Å². The number of anilines is 1. The van der Waals surface area contributed by atoms with E-state index in [2.05, 4.69) is 10.1 Å². The van der Waals surface area contributed by atoms with E-state index in [1.165, 1.54) is 37.5 Å². The largest absolute Gasteiger partial charge is 0.496 e. The Labute approximate surface area is 142 Å². The first-order valence-electron chi connectivity index (χ1n) is 6.85. The molecule has 2 aromatic carbocycles. The molecule has 0 atom stereocenters.